The van der Waals surface area contributed by atoms with Crippen LogP contribution in [0.2, 0.25) is 0 Å². The number of carbonyl (C=O) groups is 2. The fourth-order valence-electron chi connectivity index (χ4n) is 2.87. The number of rotatable bonds is 3. The van der Waals surface area contributed by atoms with Crippen LogP contribution in [0.5, 0.6) is 0 Å². The Bertz CT molecular complexity index is 577. The molecule has 1 amide bonds. The average molecular weight is 311 g/mol. The first kappa shape index (κ1) is 16.2. The van der Waals surface area contributed by atoms with Gasteiger partial charge in [0.05, 0.1) is 12.7 Å². The van der Waals surface area contributed by atoms with Crippen LogP contribution in [0.15, 0.2) is 18.2 Å². The lowest BCUT2D eigenvalue weighted by Gasteiger charge is -2.36. The Morgan fingerprint density at radius 3 is 2.77 bits per heavy atom. The summed E-state index contributed by atoms with van der Waals surface area (Å²) in [6.45, 7) is 0.363. The number of carbonyl (C=O) groups excluding carboxylic acids is 1. The third-order valence-electron chi connectivity index (χ3n) is 4.06. The Morgan fingerprint density at radius 2 is 2.18 bits per heavy atom. The second kappa shape index (κ2) is 6.74. The summed E-state index contributed by atoms with van der Waals surface area (Å²) in [6.07, 6.45) is -0.518. The topological polar surface area (TPSA) is 87.1 Å². The summed E-state index contributed by atoms with van der Waals surface area (Å²) >= 11 is 0. The molecule has 0 saturated carbocycles. The predicted molar refractivity (Wildman–Crippen MR) is 75.3 cm³/mol. The molecule has 6 nitrogen and oxygen atoms in total. The van der Waals surface area contributed by atoms with E-state index in [0.29, 0.717) is 18.5 Å². The summed E-state index contributed by atoms with van der Waals surface area (Å²) < 4.78 is 18.2. The second-order valence-electron chi connectivity index (χ2n) is 5.30. The molecule has 0 spiro atoms. The molecule has 2 atom stereocenters. The van der Waals surface area contributed by atoms with Crippen LogP contribution in [0.1, 0.15) is 28.3 Å². The molecule has 1 aromatic carbocycles. The molecule has 0 aromatic heterocycles. The molecule has 1 aliphatic rings. The van der Waals surface area contributed by atoms with E-state index in [-0.39, 0.29) is 30.6 Å². The smallest absolute Gasteiger partial charge is 0.407 e. The van der Waals surface area contributed by atoms with Crippen molar-refractivity contribution in [3.05, 3.63) is 35.1 Å². The molecule has 1 heterocycles. The van der Waals surface area contributed by atoms with Gasteiger partial charge < -0.3 is 19.8 Å². The number of carboxylic acid groups (broad SMARTS) is 1. The number of hydrogen-bond donors (Lipinski definition) is 2. The summed E-state index contributed by atoms with van der Waals surface area (Å²) in [5, 5.41) is 18.5. The normalized spacial score (nSPS) is 21.5. The van der Waals surface area contributed by atoms with E-state index < -0.39 is 17.9 Å². The highest BCUT2D eigenvalue weighted by molar-refractivity contribution is 5.89. The third kappa shape index (κ3) is 3.19. The van der Waals surface area contributed by atoms with Gasteiger partial charge in [0.25, 0.3) is 0 Å². The van der Waals surface area contributed by atoms with E-state index in [2.05, 4.69) is 4.74 Å². The minimum Gasteiger partial charge on any atom is -0.465 e. The van der Waals surface area contributed by atoms with Gasteiger partial charge in [0.2, 0.25) is 0 Å². The number of hydrogen-bond acceptors (Lipinski definition) is 4. The zero-order valence-corrected chi connectivity index (χ0v) is 12.2. The molecule has 1 aliphatic heterocycles. The van der Waals surface area contributed by atoms with Crippen molar-refractivity contribution >= 4 is 12.1 Å². The minimum atomic E-state index is -1.02. The number of aliphatic hydroxyl groups is 1. The van der Waals surface area contributed by atoms with Crippen LogP contribution in [-0.4, -0.2) is 54.0 Å². The summed E-state index contributed by atoms with van der Waals surface area (Å²) in [5.41, 5.74) is 0.545. The Kier molecular flexibility index (Phi) is 4.97. The molecule has 0 bridgehead atoms. The lowest BCUT2D eigenvalue weighted by molar-refractivity contribution is 0.0595. The number of piperidine rings is 1. The first-order valence-electron chi connectivity index (χ1n) is 6.94. The number of aliphatic hydroxyl groups excluding tert-OH is 1. The second-order valence-corrected chi connectivity index (χ2v) is 5.30. The van der Waals surface area contributed by atoms with Gasteiger partial charge in [-0.25, -0.2) is 14.0 Å². The molecule has 0 radical (unpaired) electrons. The minimum absolute atomic E-state index is 0.135. The first-order chi connectivity index (χ1) is 10.5. The van der Waals surface area contributed by atoms with Crippen LogP contribution in [0.3, 0.4) is 0 Å². The first-order valence-corrected chi connectivity index (χ1v) is 6.94. The fourth-order valence-corrected chi connectivity index (χ4v) is 2.87. The van der Waals surface area contributed by atoms with E-state index in [4.69, 9.17) is 5.11 Å². The Hall–Kier alpha value is -2.15. The molecule has 0 unspecified atom stereocenters. The monoisotopic (exact) mass is 311 g/mol. The number of ether oxygens (including phenoxy) is 1. The molecule has 120 valence electrons. The van der Waals surface area contributed by atoms with E-state index in [1.807, 2.05) is 0 Å². The van der Waals surface area contributed by atoms with Gasteiger partial charge in [0.1, 0.15) is 5.82 Å². The molecule has 1 fully saturated rings. The Labute approximate surface area is 127 Å². The van der Waals surface area contributed by atoms with Crippen LogP contribution >= 0.6 is 0 Å². The summed E-state index contributed by atoms with van der Waals surface area (Å²) in [7, 11) is 1.18. The maximum absolute atomic E-state index is 13.7. The lowest BCUT2D eigenvalue weighted by atomic mass is 9.80. The molecular weight excluding hydrogens is 293 g/mol. The molecular formula is C15H18FNO5. The van der Waals surface area contributed by atoms with Crippen molar-refractivity contribution in [1.29, 1.82) is 0 Å². The van der Waals surface area contributed by atoms with Gasteiger partial charge in [0, 0.05) is 25.6 Å². The molecule has 1 aromatic rings. The number of amides is 1. The van der Waals surface area contributed by atoms with E-state index >= 15 is 0 Å². The van der Waals surface area contributed by atoms with Crippen molar-refractivity contribution in [3.63, 3.8) is 0 Å². The van der Waals surface area contributed by atoms with Crippen molar-refractivity contribution in [3.8, 4) is 0 Å². The van der Waals surface area contributed by atoms with Crippen LogP contribution < -0.4 is 0 Å². The van der Waals surface area contributed by atoms with Gasteiger partial charge in [-0.05, 0) is 30.0 Å². The highest BCUT2D eigenvalue weighted by Crippen LogP contribution is 2.33. The van der Waals surface area contributed by atoms with Crippen LogP contribution in [-0.2, 0) is 4.74 Å². The molecule has 2 rings (SSSR count). The highest BCUT2D eigenvalue weighted by Gasteiger charge is 2.32. The predicted octanol–water partition coefficient (Wildman–Crippen LogP) is 1.69. The van der Waals surface area contributed by atoms with E-state index in [1.165, 1.54) is 24.1 Å². The number of benzene rings is 1. The molecule has 0 aliphatic carbocycles. The standard InChI is InChI=1S/C15H18FNO5/c1-22-14(19)12-6-9(2-3-13(12)16)11-4-5-17(15(20)21)7-10(11)8-18/h2-3,6,10-11,18H,4-5,7-8H2,1H3,(H,20,21)/t10-,11-/m0/s1. The maximum atomic E-state index is 13.7. The Balaban J connectivity index is 2.27. The van der Waals surface area contributed by atoms with Crippen molar-refractivity contribution < 1.29 is 28.9 Å². The largest absolute Gasteiger partial charge is 0.465 e. The van der Waals surface area contributed by atoms with Crippen molar-refractivity contribution in [2.45, 2.75) is 12.3 Å². The number of esters is 1. The van der Waals surface area contributed by atoms with Crippen LogP contribution in [0.25, 0.3) is 0 Å². The molecule has 22 heavy (non-hydrogen) atoms. The Morgan fingerprint density at radius 1 is 1.45 bits per heavy atom. The zero-order valence-electron chi connectivity index (χ0n) is 12.2. The van der Waals surface area contributed by atoms with Crippen molar-refractivity contribution in [1.82, 2.24) is 4.90 Å². The SMILES string of the molecule is COC(=O)c1cc([C@@H]2CCN(C(=O)O)C[C@H]2CO)ccc1F. The highest BCUT2D eigenvalue weighted by atomic mass is 19.1. The van der Waals surface area contributed by atoms with Gasteiger partial charge in [-0.15, -0.1) is 0 Å². The van der Waals surface area contributed by atoms with E-state index in [1.54, 1.807) is 6.07 Å². The van der Waals surface area contributed by atoms with Crippen LogP contribution in [0, 0.1) is 11.7 Å². The number of methoxy groups -OCH3 is 1. The number of likely N-dealkylation sites (tertiary alicyclic amines) is 1. The van der Waals surface area contributed by atoms with Crippen LogP contribution in [0.4, 0.5) is 9.18 Å². The van der Waals surface area contributed by atoms with E-state index in [0.717, 1.165) is 0 Å². The molecule has 1 saturated heterocycles. The average Bonchev–Trinajstić information content (AvgIpc) is 2.54. The third-order valence-corrected chi connectivity index (χ3v) is 4.06. The molecule has 7 heteroatoms. The summed E-state index contributed by atoms with van der Waals surface area (Å²) in [5.74, 6) is -1.85. The van der Waals surface area contributed by atoms with Gasteiger partial charge in [-0.1, -0.05) is 6.07 Å². The van der Waals surface area contributed by atoms with Crippen molar-refractivity contribution in [2.75, 3.05) is 26.8 Å². The maximum Gasteiger partial charge on any atom is 0.407 e. The zero-order chi connectivity index (χ0) is 16.3. The number of nitrogens with zero attached hydrogens (tertiary/aromatic N) is 1. The fraction of sp³-hybridized carbons (Fsp3) is 0.467. The summed E-state index contributed by atoms with van der Waals surface area (Å²) in [6, 6.07) is 4.18. The van der Waals surface area contributed by atoms with E-state index in [9.17, 15) is 19.1 Å². The van der Waals surface area contributed by atoms with Gasteiger partial charge in [-0.2, -0.15) is 0 Å². The van der Waals surface area contributed by atoms with Gasteiger partial charge in [0.15, 0.2) is 0 Å². The quantitative estimate of drug-likeness (QED) is 0.830. The molecule has 2 N–H and O–H groups in total. The summed E-state index contributed by atoms with van der Waals surface area (Å²) in [4.78, 5) is 23.8. The van der Waals surface area contributed by atoms with Crippen molar-refractivity contribution in [2.24, 2.45) is 5.92 Å². The van der Waals surface area contributed by atoms with Gasteiger partial charge >= 0.3 is 12.1 Å². The van der Waals surface area contributed by atoms with Gasteiger partial charge in [-0.3, -0.25) is 0 Å². The number of halogens is 1. The lowest BCUT2D eigenvalue weighted by Crippen LogP contribution is -2.43.